The fraction of sp³-hybridized carbons (Fsp3) is 0.367. The second-order valence-corrected chi connectivity index (χ2v) is 10.2. The fourth-order valence-corrected chi connectivity index (χ4v) is 5.57. The van der Waals surface area contributed by atoms with Crippen molar-refractivity contribution >= 4 is 27.5 Å². The Morgan fingerprint density at radius 2 is 2.10 bits per heavy atom. The van der Waals surface area contributed by atoms with Crippen molar-refractivity contribution in [2.75, 3.05) is 51.4 Å². The maximum Gasteiger partial charge on any atom is 0.319 e. The predicted octanol–water partition coefficient (Wildman–Crippen LogP) is 4.32. The van der Waals surface area contributed by atoms with E-state index in [-0.39, 0.29) is 35.6 Å². The van der Waals surface area contributed by atoms with Gasteiger partial charge in [0.15, 0.2) is 5.82 Å². The van der Waals surface area contributed by atoms with Crippen molar-refractivity contribution in [3.05, 3.63) is 47.9 Å². The van der Waals surface area contributed by atoms with Gasteiger partial charge >= 0.3 is 6.01 Å². The van der Waals surface area contributed by atoms with Gasteiger partial charge in [-0.05, 0) is 43.5 Å². The number of terminal acetylenes is 1. The number of likely N-dealkylation sites (N-methyl/N-ethyl adjacent to an activating group) is 1. The number of rotatable bonds is 5. The Morgan fingerprint density at radius 3 is 2.90 bits per heavy atom. The van der Waals surface area contributed by atoms with Gasteiger partial charge < -0.3 is 19.5 Å². The second kappa shape index (κ2) is 10.8. The molecule has 6 rings (SSSR count). The second-order valence-electron chi connectivity index (χ2n) is 10.2. The molecule has 0 bridgehead atoms. The number of benzene rings is 2. The van der Waals surface area contributed by atoms with Crippen LogP contribution in [0.2, 0.25) is 0 Å². The van der Waals surface area contributed by atoms with Crippen molar-refractivity contribution in [2.45, 2.75) is 25.1 Å². The van der Waals surface area contributed by atoms with Gasteiger partial charge in [0.05, 0.1) is 12.0 Å². The van der Waals surface area contributed by atoms with Gasteiger partial charge in [-0.1, -0.05) is 18.1 Å². The molecule has 0 spiro atoms. The number of anilines is 1. The van der Waals surface area contributed by atoms with E-state index < -0.39 is 12.0 Å². The summed E-state index contributed by atoms with van der Waals surface area (Å²) in [5, 5.41) is 12.1. The normalized spacial score (nSPS) is 20.1. The molecule has 1 N–H and O–H groups in total. The zero-order chi connectivity index (χ0) is 27.8. The maximum absolute atomic E-state index is 16.5. The molecule has 8 nitrogen and oxygen atoms in total. The number of halogens is 2. The van der Waals surface area contributed by atoms with Crippen LogP contribution in [-0.4, -0.2) is 83.7 Å². The number of aromatic nitrogens is 3. The van der Waals surface area contributed by atoms with E-state index in [0.717, 1.165) is 6.42 Å². The Morgan fingerprint density at radius 1 is 1.23 bits per heavy atom. The summed E-state index contributed by atoms with van der Waals surface area (Å²) >= 11 is 0. The highest BCUT2D eigenvalue weighted by atomic mass is 19.1. The number of phenolic OH excluding ortho intramolecular Hbond substituents is 1. The van der Waals surface area contributed by atoms with Crippen molar-refractivity contribution < 1.29 is 23.4 Å². The number of ether oxygens (including phenoxy) is 2. The molecule has 10 heteroatoms. The minimum absolute atomic E-state index is 0.00157. The van der Waals surface area contributed by atoms with E-state index in [2.05, 4.69) is 20.9 Å². The molecular formula is C30H29F2N5O3. The molecule has 40 heavy (non-hydrogen) atoms. The number of alkyl halides is 1. The number of phenols is 1. The van der Waals surface area contributed by atoms with Crippen molar-refractivity contribution in [2.24, 2.45) is 0 Å². The molecular weight excluding hydrogens is 516 g/mol. The largest absolute Gasteiger partial charge is 0.508 e. The lowest BCUT2D eigenvalue weighted by Crippen LogP contribution is -2.31. The molecule has 2 fully saturated rings. The number of nitrogens with zero attached hydrogens (tertiary/aromatic N) is 5. The van der Waals surface area contributed by atoms with Crippen molar-refractivity contribution in [3.63, 3.8) is 0 Å². The van der Waals surface area contributed by atoms with Crippen LogP contribution in [0, 0.1) is 18.2 Å². The van der Waals surface area contributed by atoms with E-state index in [9.17, 15) is 9.50 Å². The first-order valence-electron chi connectivity index (χ1n) is 13.3. The Kier molecular flexibility index (Phi) is 7.09. The van der Waals surface area contributed by atoms with Gasteiger partial charge in [-0.15, -0.1) is 6.42 Å². The molecule has 0 unspecified atom stereocenters. The number of fused-ring (bicyclic) bond motifs is 2. The molecule has 0 saturated carbocycles. The van der Waals surface area contributed by atoms with E-state index in [0.29, 0.717) is 72.4 Å². The first-order chi connectivity index (χ1) is 19.4. The molecule has 0 aliphatic carbocycles. The first kappa shape index (κ1) is 26.2. The van der Waals surface area contributed by atoms with Gasteiger partial charge in [-0.25, -0.2) is 8.78 Å². The lowest BCUT2D eigenvalue weighted by atomic mass is 9.96. The molecule has 2 aliphatic heterocycles. The van der Waals surface area contributed by atoms with Gasteiger partial charge in [0.25, 0.3) is 0 Å². The van der Waals surface area contributed by atoms with Crippen molar-refractivity contribution in [3.8, 4) is 35.4 Å². The molecule has 4 aromatic rings. The summed E-state index contributed by atoms with van der Waals surface area (Å²) in [6, 6.07) is 8.24. The molecule has 2 atom stereocenters. The van der Waals surface area contributed by atoms with Crippen LogP contribution < -0.4 is 9.64 Å². The predicted molar refractivity (Wildman–Crippen MR) is 149 cm³/mol. The number of hydrogen-bond acceptors (Lipinski definition) is 8. The van der Waals surface area contributed by atoms with Crippen LogP contribution >= 0.6 is 0 Å². The number of aromatic hydroxyl groups is 1. The van der Waals surface area contributed by atoms with Crippen LogP contribution in [0.3, 0.4) is 0 Å². The van der Waals surface area contributed by atoms with E-state index in [1.807, 2.05) is 16.8 Å². The summed E-state index contributed by atoms with van der Waals surface area (Å²) in [7, 11) is 1.85. The van der Waals surface area contributed by atoms with Gasteiger partial charge in [-0.2, -0.15) is 9.97 Å². The monoisotopic (exact) mass is 545 g/mol. The van der Waals surface area contributed by atoms with E-state index in [4.69, 9.17) is 15.9 Å². The van der Waals surface area contributed by atoms with Crippen LogP contribution in [0.1, 0.15) is 18.4 Å². The molecule has 2 aromatic carbocycles. The lowest BCUT2D eigenvalue weighted by molar-refractivity contribution is 0.152. The van der Waals surface area contributed by atoms with Crippen LogP contribution in [-0.2, 0) is 4.74 Å². The van der Waals surface area contributed by atoms with Crippen LogP contribution in [0.5, 0.6) is 11.8 Å². The van der Waals surface area contributed by atoms with E-state index >= 15 is 4.39 Å². The third-order valence-corrected chi connectivity index (χ3v) is 7.58. The fourth-order valence-electron chi connectivity index (χ4n) is 5.57. The van der Waals surface area contributed by atoms with Gasteiger partial charge in [0, 0.05) is 55.0 Å². The Labute approximate surface area is 230 Å². The third-order valence-electron chi connectivity index (χ3n) is 7.58. The molecule has 206 valence electrons. The zero-order valence-electron chi connectivity index (χ0n) is 22.1. The molecule has 2 aromatic heterocycles. The quantitative estimate of drug-likeness (QED) is 0.372. The van der Waals surface area contributed by atoms with Crippen molar-refractivity contribution in [1.29, 1.82) is 0 Å². The van der Waals surface area contributed by atoms with Gasteiger partial charge in [-0.3, -0.25) is 9.88 Å². The molecule has 4 heterocycles. The minimum atomic E-state index is -0.917. The number of pyridine rings is 1. The zero-order valence-corrected chi connectivity index (χ0v) is 22.1. The highest BCUT2D eigenvalue weighted by Gasteiger charge is 2.30. The van der Waals surface area contributed by atoms with E-state index in [1.54, 1.807) is 30.5 Å². The summed E-state index contributed by atoms with van der Waals surface area (Å²) in [5.41, 5.74) is 0.947. The first-order valence-corrected chi connectivity index (χ1v) is 13.3. The topological polar surface area (TPSA) is 83.8 Å². The molecule has 0 amide bonds. The Bertz CT molecular complexity index is 1620. The van der Waals surface area contributed by atoms with Crippen LogP contribution in [0.25, 0.3) is 32.9 Å². The Hall–Kier alpha value is -4.07. The average Bonchev–Trinajstić information content (AvgIpc) is 3.11. The van der Waals surface area contributed by atoms with E-state index in [1.165, 1.54) is 6.07 Å². The lowest BCUT2D eigenvalue weighted by Gasteiger charge is -2.24. The summed E-state index contributed by atoms with van der Waals surface area (Å²) in [4.78, 5) is 17.5. The van der Waals surface area contributed by atoms with Crippen molar-refractivity contribution in [1.82, 2.24) is 19.9 Å². The van der Waals surface area contributed by atoms with Gasteiger partial charge in [0.2, 0.25) is 0 Å². The number of hydrogen-bond donors (Lipinski definition) is 1. The minimum Gasteiger partial charge on any atom is -0.508 e. The highest BCUT2D eigenvalue weighted by Crippen LogP contribution is 2.38. The molecule has 2 saturated heterocycles. The SMILES string of the molecule is C#Cc1cccc2cc(O)cc(-c3ncc4c(N5CCCOCC5)nc(OC[C@@H]5C[C@@H](F)CN5C)nc4c3F)c12. The maximum atomic E-state index is 16.5. The summed E-state index contributed by atoms with van der Waals surface area (Å²) in [6.07, 6.45) is 7.53. The standard InChI is InChI=1S/C30H29F2N5O3/c1-3-18-6-4-7-19-12-22(38)14-23(25(18)19)27-26(32)28-24(15-33-27)29(37-8-5-10-39-11-9-37)35-30(34-28)40-17-21-13-20(31)16-36(21)2/h1,4,6-7,12,14-15,20-21,38H,5,8-11,13,16-17H2,2H3/t20-,21+/m1/s1. The average molecular weight is 546 g/mol. The summed E-state index contributed by atoms with van der Waals surface area (Å²) < 4.78 is 42.0. The third kappa shape index (κ3) is 4.87. The van der Waals surface area contributed by atoms with Crippen LogP contribution in [0.15, 0.2) is 36.5 Å². The van der Waals surface area contributed by atoms with Gasteiger partial charge in [0.1, 0.15) is 35.6 Å². The van der Waals surface area contributed by atoms with Crippen LogP contribution in [0.4, 0.5) is 14.6 Å². The molecule has 0 radical (unpaired) electrons. The Balaban J connectivity index is 1.50. The number of likely N-dealkylation sites (tertiary alicyclic amines) is 1. The molecule has 2 aliphatic rings. The highest BCUT2D eigenvalue weighted by molar-refractivity contribution is 6.02. The smallest absolute Gasteiger partial charge is 0.319 e. The summed E-state index contributed by atoms with van der Waals surface area (Å²) in [5.74, 6) is 2.42. The summed E-state index contributed by atoms with van der Waals surface area (Å²) in [6.45, 7) is 2.86.